The molecule has 1 unspecified atom stereocenters. The molecule has 3 atom stereocenters. The maximum absolute atomic E-state index is 12.3. The van der Waals surface area contributed by atoms with Crippen LogP contribution in [-0.4, -0.2) is 52.8 Å². The van der Waals surface area contributed by atoms with Crippen LogP contribution in [0.4, 0.5) is 4.79 Å². The Morgan fingerprint density at radius 3 is 2.55 bits per heavy atom. The normalized spacial score (nSPS) is 24.9. The van der Waals surface area contributed by atoms with Gasteiger partial charge < -0.3 is 20.1 Å². The van der Waals surface area contributed by atoms with Crippen molar-refractivity contribution >= 4 is 12.0 Å². The van der Waals surface area contributed by atoms with Crippen LogP contribution in [0.1, 0.15) is 41.0 Å². The first kappa shape index (κ1) is 16.8. The molecule has 0 aromatic rings. The number of ether oxygens (including phenoxy) is 1. The molecule has 6 nitrogen and oxygen atoms in total. The zero-order valence-electron chi connectivity index (χ0n) is 13.0. The molecule has 6 heteroatoms. The smallest absolute Gasteiger partial charge is 0.326 e. The minimum absolute atomic E-state index is 0.0589. The van der Waals surface area contributed by atoms with Gasteiger partial charge in [-0.15, -0.1) is 0 Å². The van der Waals surface area contributed by atoms with Crippen LogP contribution in [0.3, 0.4) is 0 Å². The number of hydrogen-bond acceptors (Lipinski definition) is 3. The summed E-state index contributed by atoms with van der Waals surface area (Å²) in [7, 11) is 0. The van der Waals surface area contributed by atoms with Gasteiger partial charge in [-0.05, 0) is 26.7 Å². The molecule has 0 bridgehead atoms. The van der Waals surface area contributed by atoms with Crippen LogP contribution in [0.15, 0.2) is 0 Å². The number of carboxylic acids is 1. The molecule has 0 aliphatic carbocycles. The van der Waals surface area contributed by atoms with Crippen molar-refractivity contribution in [3.8, 4) is 0 Å². The van der Waals surface area contributed by atoms with Gasteiger partial charge in [-0.1, -0.05) is 20.3 Å². The molecule has 2 amide bonds. The van der Waals surface area contributed by atoms with E-state index < -0.39 is 17.6 Å². The van der Waals surface area contributed by atoms with E-state index in [1.807, 2.05) is 34.6 Å². The van der Waals surface area contributed by atoms with E-state index >= 15 is 0 Å². The van der Waals surface area contributed by atoms with Crippen LogP contribution in [0, 0.1) is 5.92 Å². The largest absolute Gasteiger partial charge is 0.480 e. The van der Waals surface area contributed by atoms with Gasteiger partial charge in [0.25, 0.3) is 0 Å². The molecule has 1 aliphatic rings. The summed E-state index contributed by atoms with van der Waals surface area (Å²) in [4.78, 5) is 25.1. The predicted octanol–water partition coefficient (Wildman–Crippen LogP) is 1.69. The van der Waals surface area contributed by atoms with Gasteiger partial charge in [-0.3, -0.25) is 0 Å². The SMILES string of the molecule is CC[C@H](C)[C@H](NC(=O)N1CC(C)OC(C)(C)C1)C(=O)O. The van der Waals surface area contributed by atoms with E-state index in [0.29, 0.717) is 19.5 Å². The topological polar surface area (TPSA) is 78.9 Å². The summed E-state index contributed by atoms with van der Waals surface area (Å²) in [5.74, 6) is -1.10. The minimum Gasteiger partial charge on any atom is -0.480 e. The van der Waals surface area contributed by atoms with E-state index in [1.165, 1.54) is 0 Å². The van der Waals surface area contributed by atoms with Crippen molar-refractivity contribution in [3.05, 3.63) is 0 Å². The number of hydrogen-bond donors (Lipinski definition) is 2. The minimum atomic E-state index is -0.992. The molecule has 20 heavy (non-hydrogen) atoms. The van der Waals surface area contributed by atoms with Crippen molar-refractivity contribution in [1.29, 1.82) is 0 Å². The van der Waals surface area contributed by atoms with Crippen LogP contribution >= 0.6 is 0 Å². The number of amides is 2. The maximum Gasteiger partial charge on any atom is 0.326 e. The van der Waals surface area contributed by atoms with Gasteiger partial charge in [0.1, 0.15) is 6.04 Å². The van der Waals surface area contributed by atoms with Gasteiger partial charge in [-0.2, -0.15) is 0 Å². The summed E-state index contributed by atoms with van der Waals surface area (Å²) in [6, 6.07) is -1.19. The van der Waals surface area contributed by atoms with Crippen molar-refractivity contribution in [1.82, 2.24) is 10.2 Å². The number of rotatable bonds is 4. The Morgan fingerprint density at radius 1 is 1.50 bits per heavy atom. The highest BCUT2D eigenvalue weighted by molar-refractivity contribution is 5.82. The van der Waals surface area contributed by atoms with Gasteiger partial charge >= 0.3 is 12.0 Å². The molecule has 0 aromatic heterocycles. The van der Waals surface area contributed by atoms with Gasteiger partial charge in [0, 0.05) is 6.54 Å². The summed E-state index contributed by atoms with van der Waals surface area (Å²) >= 11 is 0. The summed E-state index contributed by atoms with van der Waals surface area (Å²) in [6.45, 7) is 10.4. The first-order valence-corrected chi connectivity index (χ1v) is 7.12. The molecule has 1 heterocycles. The van der Waals surface area contributed by atoms with E-state index in [0.717, 1.165) is 0 Å². The number of aliphatic carboxylic acids is 1. The van der Waals surface area contributed by atoms with Crippen molar-refractivity contribution in [3.63, 3.8) is 0 Å². The molecule has 1 aliphatic heterocycles. The number of nitrogens with zero attached hydrogens (tertiary/aromatic N) is 1. The second kappa shape index (κ2) is 6.43. The molecular weight excluding hydrogens is 260 g/mol. The fourth-order valence-corrected chi connectivity index (χ4v) is 2.52. The van der Waals surface area contributed by atoms with E-state index in [2.05, 4.69) is 5.32 Å². The molecule has 0 aromatic carbocycles. The van der Waals surface area contributed by atoms with E-state index in [1.54, 1.807) is 4.90 Å². The monoisotopic (exact) mass is 286 g/mol. The lowest BCUT2D eigenvalue weighted by Crippen LogP contribution is -2.58. The highest BCUT2D eigenvalue weighted by atomic mass is 16.5. The Hall–Kier alpha value is -1.30. The molecule has 0 saturated carbocycles. The van der Waals surface area contributed by atoms with Crippen molar-refractivity contribution < 1.29 is 19.4 Å². The van der Waals surface area contributed by atoms with Crippen molar-refractivity contribution in [2.75, 3.05) is 13.1 Å². The first-order valence-electron chi connectivity index (χ1n) is 7.12. The second-order valence-electron chi connectivity index (χ2n) is 6.22. The molecule has 1 saturated heterocycles. The van der Waals surface area contributed by atoms with Crippen LogP contribution in [0.2, 0.25) is 0 Å². The third-order valence-corrected chi connectivity index (χ3v) is 3.61. The lowest BCUT2D eigenvalue weighted by Gasteiger charge is -2.42. The van der Waals surface area contributed by atoms with Crippen LogP contribution in [-0.2, 0) is 9.53 Å². The van der Waals surface area contributed by atoms with Gasteiger partial charge in [0.15, 0.2) is 0 Å². The Balaban J connectivity index is 2.71. The number of morpholine rings is 1. The fourth-order valence-electron chi connectivity index (χ4n) is 2.52. The van der Waals surface area contributed by atoms with Crippen LogP contribution in [0.5, 0.6) is 0 Å². The molecular formula is C14H26N2O4. The standard InChI is InChI=1S/C14H26N2O4/c1-6-9(2)11(12(17)18)15-13(19)16-7-10(3)20-14(4,5)8-16/h9-11H,6-8H2,1-5H3,(H,15,19)(H,17,18)/t9-,10?,11-/m0/s1. The maximum atomic E-state index is 12.3. The molecule has 116 valence electrons. The molecule has 0 spiro atoms. The van der Waals surface area contributed by atoms with Crippen molar-refractivity contribution in [2.45, 2.75) is 58.8 Å². The number of carboxylic acid groups (broad SMARTS) is 1. The number of carbonyl (C=O) groups excluding carboxylic acids is 1. The van der Waals surface area contributed by atoms with Gasteiger partial charge in [0.05, 0.1) is 18.2 Å². The Labute approximate surface area is 120 Å². The highest BCUT2D eigenvalue weighted by Gasteiger charge is 2.35. The van der Waals surface area contributed by atoms with Crippen molar-refractivity contribution in [2.24, 2.45) is 5.92 Å². The zero-order chi connectivity index (χ0) is 15.5. The average molecular weight is 286 g/mol. The molecule has 1 rings (SSSR count). The highest BCUT2D eigenvalue weighted by Crippen LogP contribution is 2.21. The summed E-state index contributed by atoms with van der Waals surface area (Å²) in [5, 5.41) is 11.8. The molecule has 1 fully saturated rings. The quantitative estimate of drug-likeness (QED) is 0.824. The van der Waals surface area contributed by atoms with E-state index in [-0.39, 0.29) is 18.1 Å². The third-order valence-electron chi connectivity index (χ3n) is 3.61. The van der Waals surface area contributed by atoms with E-state index in [4.69, 9.17) is 4.74 Å². The number of urea groups is 1. The zero-order valence-corrected chi connectivity index (χ0v) is 13.0. The third kappa shape index (κ3) is 4.37. The average Bonchev–Trinajstić information content (AvgIpc) is 2.31. The summed E-state index contributed by atoms with van der Waals surface area (Å²) in [6.07, 6.45) is 0.638. The Kier molecular flexibility index (Phi) is 5.39. The number of nitrogens with one attached hydrogen (secondary N) is 1. The van der Waals surface area contributed by atoms with Gasteiger partial charge in [0.2, 0.25) is 0 Å². The second-order valence-corrected chi connectivity index (χ2v) is 6.22. The first-order chi connectivity index (χ1) is 9.16. The molecule has 0 radical (unpaired) electrons. The lowest BCUT2D eigenvalue weighted by atomic mass is 9.99. The fraction of sp³-hybridized carbons (Fsp3) is 0.857. The lowest BCUT2D eigenvalue weighted by molar-refractivity contribution is -0.140. The van der Waals surface area contributed by atoms with Crippen LogP contribution in [0.25, 0.3) is 0 Å². The summed E-state index contributed by atoms with van der Waals surface area (Å²) in [5.41, 5.74) is -0.413. The Morgan fingerprint density at radius 2 is 2.10 bits per heavy atom. The Bertz CT molecular complexity index is 370. The predicted molar refractivity (Wildman–Crippen MR) is 75.6 cm³/mol. The van der Waals surface area contributed by atoms with Crippen LogP contribution < -0.4 is 5.32 Å². The van der Waals surface area contributed by atoms with Gasteiger partial charge in [-0.25, -0.2) is 9.59 Å². The summed E-state index contributed by atoms with van der Waals surface area (Å²) < 4.78 is 5.74. The molecule has 2 N–H and O–H groups in total. The number of carbonyl (C=O) groups is 2. The van der Waals surface area contributed by atoms with E-state index in [9.17, 15) is 14.7 Å².